The molecule has 0 saturated heterocycles. The first-order chi connectivity index (χ1) is 16.1. The highest BCUT2D eigenvalue weighted by atomic mass is 16.3. The Labute approximate surface area is 193 Å². The summed E-state index contributed by atoms with van der Waals surface area (Å²) in [7, 11) is 0. The smallest absolute Gasteiger partial charge is 0.122 e. The summed E-state index contributed by atoms with van der Waals surface area (Å²) in [6.45, 7) is 4.35. The summed E-state index contributed by atoms with van der Waals surface area (Å²) >= 11 is 0. The molecule has 33 heavy (non-hydrogen) atoms. The predicted octanol–water partition coefficient (Wildman–Crippen LogP) is 7.30. The Hall–Kier alpha value is -3.53. The van der Waals surface area contributed by atoms with Crippen molar-refractivity contribution in [3.63, 3.8) is 0 Å². The monoisotopic (exact) mass is 438 g/mol. The van der Waals surface area contributed by atoms with Crippen molar-refractivity contribution in [2.24, 2.45) is 0 Å². The number of benzene rings is 3. The molecule has 0 radical (unpaired) electrons. The fourth-order valence-corrected chi connectivity index (χ4v) is 5.10. The number of pyridine rings is 1. The van der Waals surface area contributed by atoms with Crippen LogP contribution in [0.5, 0.6) is 11.5 Å². The van der Waals surface area contributed by atoms with Crippen molar-refractivity contribution in [3.05, 3.63) is 77.1 Å². The van der Waals surface area contributed by atoms with Crippen LogP contribution in [0.25, 0.3) is 32.6 Å². The number of nitrogens with zero attached hydrogens (tertiary/aromatic N) is 1. The molecule has 0 saturated carbocycles. The van der Waals surface area contributed by atoms with Gasteiger partial charge in [0.25, 0.3) is 0 Å². The van der Waals surface area contributed by atoms with E-state index in [4.69, 9.17) is 0 Å². The van der Waals surface area contributed by atoms with Gasteiger partial charge in [-0.1, -0.05) is 44.4 Å². The fraction of sp³-hybridized carbons (Fsp3) is 0.276. The van der Waals surface area contributed by atoms with Gasteiger partial charge in [-0.05, 0) is 65.6 Å². The molecular formula is C29H30N2O2. The standard InChI is InChI=1S/C29H30N2O2/c1-3-4-5-6-9-19-14-20(27(33)16-26(19)32)15-23-24-17-30-13-12-21(24)18(2)29-28(23)22-10-7-8-11-25(22)31-29/h7-8,10-14,16-17,31-33H,3-6,9,15H2,1-2H3. The molecule has 0 aliphatic heterocycles. The average Bonchev–Trinajstić information content (AvgIpc) is 3.21. The van der Waals surface area contributed by atoms with E-state index in [2.05, 4.69) is 48.1 Å². The number of aromatic hydroxyl groups is 2. The Morgan fingerprint density at radius 3 is 2.55 bits per heavy atom. The quantitative estimate of drug-likeness (QED) is 0.233. The summed E-state index contributed by atoms with van der Waals surface area (Å²) in [6, 6.07) is 13.9. The topological polar surface area (TPSA) is 69.1 Å². The molecular weight excluding hydrogens is 408 g/mol. The van der Waals surface area contributed by atoms with Crippen molar-refractivity contribution in [3.8, 4) is 11.5 Å². The second-order valence-corrected chi connectivity index (χ2v) is 9.04. The molecule has 5 aromatic rings. The minimum Gasteiger partial charge on any atom is -0.508 e. The van der Waals surface area contributed by atoms with Gasteiger partial charge in [-0.2, -0.15) is 0 Å². The number of unbranched alkanes of at least 4 members (excludes halogenated alkanes) is 3. The molecule has 0 spiro atoms. The summed E-state index contributed by atoms with van der Waals surface area (Å²) < 4.78 is 0. The molecule has 2 heterocycles. The van der Waals surface area contributed by atoms with Crippen LogP contribution in [0.3, 0.4) is 0 Å². The molecule has 0 atom stereocenters. The molecule has 0 bridgehead atoms. The van der Waals surface area contributed by atoms with Crippen LogP contribution in [-0.4, -0.2) is 20.2 Å². The van der Waals surface area contributed by atoms with Gasteiger partial charge in [-0.3, -0.25) is 4.98 Å². The minimum absolute atomic E-state index is 0.135. The highest BCUT2D eigenvalue weighted by Crippen LogP contribution is 2.39. The van der Waals surface area contributed by atoms with Crippen LogP contribution in [0.2, 0.25) is 0 Å². The van der Waals surface area contributed by atoms with Crippen LogP contribution in [-0.2, 0) is 12.8 Å². The lowest BCUT2D eigenvalue weighted by Crippen LogP contribution is -1.97. The summed E-state index contributed by atoms with van der Waals surface area (Å²) in [5.74, 6) is 0.316. The van der Waals surface area contributed by atoms with E-state index in [0.29, 0.717) is 6.42 Å². The maximum Gasteiger partial charge on any atom is 0.122 e. The number of phenolic OH excluding ortho intramolecular Hbond substituents is 2. The van der Waals surface area contributed by atoms with Crippen molar-refractivity contribution in [2.45, 2.75) is 52.4 Å². The summed E-state index contributed by atoms with van der Waals surface area (Å²) in [5.41, 5.74) is 6.32. The first kappa shape index (κ1) is 21.3. The van der Waals surface area contributed by atoms with Gasteiger partial charge < -0.3 is 15.2 Å². The maximum absolute atomic E-state index is 10.8. The number of phenols is 2. The van der Waals surface area contributed by atoms with Gasteiger partial charge in [0, 0.05) is 46.6 Å². The normalized spacial score (nSPS) is 11.7. The molecule has 2 aromatic heterocycles. The Morgan fingerprint density at radius 1 is 0.879 bits per heavy atom. The summed E-state index contributed by atoms with van der Waals surface area (Å²) in [6.07, 6.45) is 9.72. The maximum atomic E-state index is 10.8. The molecule has 4 nitrogen and oxygen atoms in total. The third kappa shape index (κ3) is 3.80. The number of hydrogen-bond acceptors (Lipinski definition) is 3. The van der Waals surface area contributed by atoms with Gasteiger partial charge >= 0.3 is 0 Å². The van der Waals surface area contributed by atoms with E-state index in [1.165, 1.54) is 35.2 Å². The van der Waals surface area contributed by atoms with Crippen LogP contribution < -0.4 is 0 Å². The molecule has 5 rings (SSSR count). The van der Waals surface area contributed by atoms with Crippen LogP contribution in [0, 0.1) is 6.92 Å². The molecule has 0 aliphatic carbocycles. The molecule has 0 aliphatic rings. The minimum atomic E-state index is 0.135. The molecule has 0 unspecified atom stereocenters. The van der Waals surface area contributed by atoms with Gasteiger partial charge in [0.1, 0.15) is 11.5 Å². The van der Waals surface area contributed by atoms with Gasteiger partial charge in [-0.15, -0.1) is 0 Å². The second-order valence-electron chi connectivity index (χ2n) is 9.04. The molecule has 4 heteroatoms. The van der Waals surface area contributed by atoms with Crippen LogP contribution in [0.1, 0.15) is 54.9 Å². The number of fused-ring (bicyclic) bond motifs is 4. The number of H-pyrrole nitrogens is 1. The number of aryl methyl sites for hydroxylation is 2. The highest BCUT2D eigenvalue weighted by molar-refractivity contribution is 6.16. The van der Waals surface area contributed by atoms with Gasteiger partial charge in [0.05, 0.1) is 5.52 Å². The van der Waals surface area contributed by atoms with Crippen molar-refractivity contribution < 1.29 is 10.2 Å². The molecule has 3 N–H and O–H groups in total. The molecule has 0 amide bonds. The zero-order chi connectivity index (χ0) is 22.9. The van der Waals surface area contributed by atoms with Gasteiger partial charge in [0.2, 0.25) is 0 Å². The summed E-state index contributed by atoms with van der Waals surface area (Å²) in [5, 5.41) is 25.8. The first-order valence-electron chi connectivity index (χ1n) is 11.9. The van der Waals surface area contributed by atoms with Crippen molar-refractivity contribution in [1.82, 2.24) is 9.97 Å². The predicted molar refractivity (Wildman–Crippen MR) is 136 cm³/mol. The van der Waals surface area contributed by atoms with E-state index in [1.54, 1.807) is 0 Å². The molecule has 0 fully saturated rings. The lowest BCUT2D eigenvalue weighted by atomic mass is 9.90. The van der Waals surface area contributed by atoms with Crippen LogP contribution in [0.15, 0.2) is 54.9 Å². The Balaban J connectivity index is 1.68. The Kier molecular flexibility index (Phi) is 5.67. The number of aromatic nitrogens is 2. The van der Waals surface area contributed by atoms with Crippen molar-refractivity contribution >= 4 is 32.6 Å². The van der Waals surface area contributed by atoms with E-state index < -0.39 is 0 Å². The SMILES string of the molecule is CCCCCCc1cc(Cc2c3cnccc3c(C)c3[nH]c4ccccc4c23)c(O)cc1O. The fourth-order valence-electron chi connectivity index (χ4n) is 5.10. The number of rotatable bonds is 7. The number of hydrogen-bond donors (Lipinski definition) is 3. The zero-order valence-electron chi connectivity index (χ0n) is 19.3. The Morgan fingerprint density at radius 2 is 1.70 bits per heavy atom. The van der Waals surface area contributed by atoms with E-state index >= 15 is 0 Å². The largest absolute Gasteiger partial charge is 0.508 e. The molecule has 3 aromatic carbocycles. The average molecular weight is 439 g/mol. The zero-order valence-corrected chi connectivity index (χ0v) is 19.3. The Bertz CT molecular complexity index is 1470. The number of aromatic amines is 1. The third-order valence-electron chi connectivity index (χ3n) is 6.88. The van der Waals surface area contributed by atoms with Crippen molar-refractivity contribution in [2.75, 3.05) is 0 Å². The second kappa shape index (κ2) is 8.78. The van der Waals surface area contributed by atoms with Gasteiger partial charge in [-0.25, -0.2) is 0 Å². The third-order valence-corrected chi connectivity index (χ3v) is 6.88. The van der Waals surface area contributed by atoms with Crippen LogP contribution in [0.4, 0.5) is 0 Å². The van der Waals surface area contributed by atoms with E-state index in [9.17, 15) is 10.2 Å². The molecule has 168 valence electrons. The van der Waals surface area contributed by atoms with Crippen LogP contribution >= 0.6 is 0 Å². The van der Waals surface area contributed by atoms with E-state index in [0.717, 1.165) is 57.8 Å². The summed E-state index contributed by atoms with van der Waals surface area (Å²) in [4.78, 5) is 8.04. The highest BCUT2D eigenvalue weighted by Gasteiger charge is 2.18. The lowest BCUT2D eigenvalue weighted by molar-refractivity contribution is 0.441. The van der Waals surface area contributed by atoms with E-state index in [-0.39, 0.29) is 11.5 Å². The first-order valence-corrected chi connectivity index (χ1v) is 11.9. The number of nitrogens with one attached hydrogen (secondary N) is 1. The van der Waals surface area contributed by atoms with Gasteiger partial charge in [0.15, 0.2) is 0 Å². The van der Waals surface area contributed by atoms with Crippen molar-refractivity contribution in [1.29, 1.82) is 0 Å². The van der Waals surface area contributed by atoms with E-state index in [1.807, 2.05) is 24.5 Å². The number of para-hydroxylation sites is 1. The lowest BCUT2D eigenvalue weighted by Gasteiger charge is -2.15.